The van der Waals surface area contributed by atoms with Crippen LogP contribution in [0, 0.1) is 0 Å². The summed E-state index contributed by atoms with van der Waals surface area (Å²) in [7, 11) is 0. The normalized spacial score (nSPS) is 12.2. The fraction of sp³-hybridized carbons (Fsp3) is 0.333. The SMILES string of the molecule is CC(=O)ON(Cc1ccccc1)[C@H](C)C=O. The lowest BCUT2D eigenvalue weighted by Gasteiger charge is -2.23. The highest BCUT2D eigenvalue weighted by atomic mass is 16.7. The van der Waals surface area contributed by atoms with Crippen molar-refractivity contribution in [1.29, 1.82) is 0 Å². The zero-order chi connectivity index (χ0) is 12.0. The molecule has 0 aliphatic heterocycles. The van der Waals surface area contributed by atoms with Crippen LogP contribution in [-0.4, -0.2) is 23.4 Å². The number of hydrogen-bond donors (Lipinski definition) is 0. The van der Waals surface area contributed by atoms with E-state index in [1.165, 1.54) is 12.0 Å². The van der Waals surface area contributed by atoms with E-state index in [4.69, 9.17) is 4.84 Å². The second-order valence-electron chi connectivity index (χ2n) is 3.52. The van der Waals surface area contributed by atoms with Gasteiger partial charge in [-0.1, -0.05) is 30.3 Å². The van der Waals surface area contributed by atoms with Crippen molar-refractivity contribution in [3.05, 3.63) is 35.9 Å². The molecule has 0 unspecified atom stereocenters. The number of hydroxylamine groups is 2. The largest absolute Gasteiger partial charge is 0.367 e. The molecular formula is C12H15NO3. The van der Waals surface area contributed by atoms with E-state index in [1.807, 2.05) is 30.3 Å². The Morgan fingerprint density at radius 1 is 1.44 bits per heavy atom. The van der Waals surface area contributed by atoms with Gasteiger partial charge in [-0.05, 0) is 12.5 Å². The molecule has 0 spiro atoms. The second kappa shape index (κ2) is 6.02. The van der Waals surface area contributed by atoms with E-state index < -0.39 is 12.0 Å². The van der Waals surface area contributed by atoms with E-state index >= 15 is 0 Å². The average Bonchev–Trinajstić information content (AvgIpc) is 2.28. The van der Waals surface area contributed by atoms with Crippen molar-refractivity contribution in [1.82, 2.24) is 5.06 Å². The number of carbonyl (C=O) groups excluding carboxylic acids is 2. The van der Waals surface area contributed by atoms with E-state index in [1.54, 1.807) is 6.92 Å². The van der Waals surface area contributed by atoms with Crippen LogP contribution in [0.15, 0.2) is 30.3 Å². The van der Waals surface area contributed by atoms with Crippen molar-refractivity contribution >= 4 is 12.3 Å². The van der Waals surface area contributed by atoms with E-state index in [2.05, 4.69) is 0 Å². The van der Waals surface area contributed by atoms with Gasteiger partial charge in [0.2, 0.25) is 0 Å². The van der Waals surface area contributed by atoms with Gasteiger partial charge in [0.05, 0.1) is 12.6 Å². The molecule has 16 heavy (non-hydrogen) atoms. The van der Waals surface area contributed by atoms with Crippen molar-refractivity contribution in [2.24, 2.45) is 0 Å². The van der Waals surface area contributed by atoms with Crippen LogP contribution < -0.4 is 0 Å². The van der Waals surface area contributed by atoms with Gasteiger partial charge in [-0.15, -0.1) is 5.06 Å². The number of carbonyl (C=O) groups is 2. The Kier molecular flexibility index (Phi) is 4.66. The Bertz CT molecular complexity index is 351. The Hall–Kier alpha value is -1.68. The Morgan fingerprint density at radius 2 is 2.06 bits per heavy atom. The van der Waals surface area contributed by atoms with Gasteiger partial charge >= 0.3 is 5.97 Å². The first-order valence-corrected chi connectivity index (χ1v) is 5.08. The van der Waals surface area contributed by atoms with Crippen LogP contribution in [-0.2, 0) is 21.0 Å². The third-order valence-electron chi connectivity index (χ3n) is 2.08. The molecule has 0 saturated heterocycles. The molecule has 4 nitrogen and oxygen atoms in total. The highest BCUT2D eigenvalue weighted by molar-refractivity contribution is 5.66. The molecule has 0 saturated carbocycles. The lowest BCUT2D eigenvalue weighted by molar-refractivity contribution is -0.199. The highest BCUT2D eigenvalue weighted by Crippen LogP contribution is 2.08. The lowest BCUT2D eigenvalue weighted by atomic mass is 10.2. The summed E-state index contributed by atoms with van der Waals surface area (Å²) in [6, 6.07) is 9.06. The summed E-state index contributed by atoms with van der Waals surface area (Å²) in [6.45, 7) is 3.40. The van der Waals surface area contributed by atoms with Crippen molar-refractivity contribution in [2.75, 3.05) is 0 Å². The Morgan fingerprint density at radius 3 is 2.56 bits per heavy atom. The fourth-order valence-corrected chi connectivity index (χ4v) is 1.26. The molecule has 1 rings (SSSR count). The first-order valence-electron chi connectivity index (χ1n) is 5.08. The summed E-state index contributed by atoms with van der Waals surface area (Å²) in [5, 5.41) is 1.37. The third-order valence-corrected chi connectivity index (χ3v) is 2.08. The molecule has 1 aromatic rings. The first kappa shape index (κ1) is 12.4. The zero-order valence-electron chi connectivity index (χ0n) is 9.42. The summed E-state index contributed by atoms with van der Waals surface area (Å²) >= 11 is 0. The number of nitrogens with zero attached hydrogens (tertiary/aromatic N) is 1. The van der Waals surface area contributed by atoms with Gasteiger partial charge in [0.25, 0.3) is 0 Å². The number of benzene rings is 1. The molecule has 86 valence electrons. The monoisotopic (exact) mass is 221 g/mol. The number of rotatable bonds is 5. The van der Waals surface area contributed by atoms with Gasteiger partial charge in [0.1, 0.15) is 6.29 Å². The maximum atomic E-state index is 10.9. The van der Waals surface area contributed by atoms with Crippen molar-refractivity contribution in [3.8, 4) is 0 Å². The maximum Gasteiger partial charge on any atom is 0.322 e. The van der Waals surface area contributed by atoms with Crippen LogP contribution in [0.4, 0.5) is 0 Å². The van der Waals surface area contributed by atoms with Crippen molar-refractivity contribution in [2.45, 2.75) is 26.4 Å². The molecule has 0 radical (unpaired) electrons. The third kappa shape index (κ3) is 3.82. The molecule has 1 atom stereocenters. The summed E-state index contributed by atoms with van der Waals surface area (Å²) < 4.78 is 0. The highest BCUT2D eigenvalue weighted by Gasteiger charge is 2.16. The summed E-state index contributed by atoms with van der Waals surface area (Å²) in [4.78, 5) is 26.5. The van der Waals surface area contributed by atoms with Gasteiger partial charge in [-0.3, -0.25) is 4.79 Å². The van der Waals surface area contributed by atoms with Crippen LogP contribution in [0.2, 0.25) is 0 Å². The average molecular weight is 221 g/mol. The molecule has 0 heterocycles. The van der Waals surface area contributed by atoms with Crippen LogP contribution in [0.5, 0.6) is 0 Å². The number of hydrogen-bond acceptors (Lipinski definition) is 4. The van der Waals surface area contributed by atoms with Gasteiger partial charge in [0, 0.05) is 6.92 Å². The second-order valence-corrected chi connectivity index (χ2v) is 3.52. The minimum Gasteiger partial charge on any atom is -0.367 e. The van der Waals surface area contributed by atoms with E-state index in [0.29, 0.717) is 6.54 Å². The van der Waals surface area contributed by atoms with Crippen LogP contribution >= 0.6 is 0 Å². The van der Waals surface area contributed by atoms with Crippen molar-refractivity contribution in [3.63, 3.8) is 0 Å². The first-order chi connectivity index (χ1) is 7.63. The minimum atomic E-state index is -0.455. The van der Waals surface area contributed by atoms with Gasteiger partial charge < -0.3 is 9.63 Å². The molecule has 0 aliphatic rings. The van der Waals surface area contributed by atoms with Crippen LogP contribution in [0.1, 0.15) is 19.4 Å². The molecule has 0 aliphatic carbocycles. The molecule has 4 heteroatoms. The molecule has 0 aromatic heterocycles. The predicted molar refractivity (Wildman–Crippen MR) is 59.3 cm³/mol. The standard InChI is InChI=1S/C12H15NO3/c1-10(9-14)13(16-11(2)15)8-12-6-4-3-5-7-12/h3-7,9-10H,8H2,1-2H3/t10-/m1/s1. The molecule has 1 aromatic carbocycles. The summed E-state index contributed by atoms with van der Waals surface area (Å²) in [5.41, 5.74) is 0.984. The summed E-state index contributed by atoms with van der Waals surface area (Å²) in [6.07, 6.45) is 0.742. The zero-order valence-corrected chi connectivity index (χ0v) is 9.42. The van der Waals surface area contributed by atoms with Gasteiger partial charge in [-0.2, -0.15) is 0 Å². The van der Waals surface area contributed by atoms with Crippen molar-refractivity contribution < 1.29 is 14.4 Å². The van der Waals surface area contributed by atoms with Gasteiger partial charge in [-0.25, -0.2) is 0 Å². The molecule has 0 N–H and O–H groups in total. The smallest absolute Gasteiger partial charge is 0.322 e. The lowest BCUT2D eigenvalue weighted by Crippen LogP contribution is -2.35. The molecule has 0 bridgehead atoms. The quantitative estimate of drug-likeness (QED) is 0.559. The van der Waals surface area contributed by atoms with Crippen LogP contribution in [0.3, 0.4) is 0 Å². The fourth-order valence-electron chi connectivity index (χ4n) is 1.26. The Balaban J connectivity index is 2.70. The van der Waals surface area contributed by atoms with Gasteiger partial charge in [0.15, 0.2) is 0 Å². The summed E-state index contributed by atoms with van der Waals surface area (Å²) in [5.74, 6) is -0.426. The molecular weight excluding hydrogens is 206 g/mol. The minimum absolute atomic E-state index is 0.403. The van der Waals surface area contributed by atoms with E-state index in [0.717, 1.165) is 11.8 Å². The number of aldehydes is 1. The Labute approximate surface area is 94.8 Å². The molecule has 0 fully saturated rings. The van der Waals surface area contributed by atoms with Crippen LogP contribution in [0.25, 0.3) is 0 Å². The predicted octanol–water partition coefficient (Wildman–Crippen LogP) is 1.55. The topological polar surface area (TPSA) is 46.6 Å². The van der Waals surface area contributed by atoms with E-state index in [9.17, 15) is 9.59 Å². The maximum absolute atomic E-state index is 10.9. The van der Waals surface area contributed by atoms with E-state index in [-0.39, 0.29) is 0 Å². The molecule has 0 amide bonds.